The summed E-state index contributed by atoms with van der Waals surface area (Å²) in [7, 11) is 0. The number of benzene rings is 3. The first kappa shape index (κ1) is 13.7. The fraction of sp³-hybridized carbons (Fsp3) is 0.0909. The van der Waals surface area contributed by atoms with Gasteiger partial charge < -0.3 is 4.74 Å². The summed E-state index contributed by atoms with van der Waals surface area (Å²) in [6, 6.07) is 22.8. The number of aryl methyl sites for hydroxylation is 1. The predicted octanol–water partition coefficient (Wildman–Crippen LogP) is 5.26. The lowest BCUT2D eigenvalue weighted by Crippen LogP contribution is -2.11. The van der Waals surface area contributed by atoms with Crippen molar-refractivity contribution < 1.29 is 4.74 Å². The molecule has 0 saturated carbocycles. The van der Waals surface area contributed by atoms with Gasteiger partial charge in [0.05, 0.1) is 0 Å². The molecule has 1 heterocycles. The molecule has 1 aliphatic heterocycles. The van der Waals surface area contributed by atoms with Crippen LogP contribution in [0.4, 0.5) is 0 Å². The van der Waals surface area contributed by atoms with Gasteiger partial charge in [0, 0.05) is 22.6 Å². The second-order valence-corrected chi connectivity index (χ2v) is 5.83. The zero-order valence-electron chi connectivity index (χ0n) is 12.9. The van der Waals surface area contributed by atoms with Crippen molar-refractivity contribution in [2.45, 2.75) is 12.8 Å². The van der Waals surface area contributed by atoms with Gasteiger partial charge in [-0.1, -0.05) is 54.5 Å². The summed E-state index contributed by atoms with van der Waals surface area (Å²) in [5.74, 6) is 4.76. The SMILES string of the molecule is C#Cc1ccc(C2c3ccccc3Oc3ccccc32)cc1C. The normalized spacial score (nSPS) is 12.7. The molecule has 0 spiro atoms. The molecule has 0 amide bonds. The van der Waals surface area contributed by atoms with Crippen LogP contribution >= 0.6 is 0 Å². The first-order valence-electron chi connectivity index (χ1n) is 7.71. The Bertz CT molecular complexity index is 885. The van der Waals surface area contributed by atoms with E-state index in [2.05, 4.69) is 49.2 Å². The van der Waals surface area contributed by atoms with E-state index >= 15 is 0 Å². The van der Waals surface area contributed by atoms with Crippen molar-refractivity contribution in [1.82, 2.24) is 0 Å². The summed E-state index contributed by atoms with van der Waals surface area (Å²) < 4.78 is 6.07. The number of terminal acetylenes is 1. The molecule has 23 heavy (non-hydrogen) atoms. The van der Waals surface area contributed by atoms with Gasteiger partial charge >= 0.3 is 0 Å². The third-order valence-corrected chi connectivity index (χ3v) is 4.42. The highest BCUT2D eigenvalue weighted by molar-refractivity contribution is 5.59. The van der Waals surface area contributed by atoms with Gasteiger partial charge in [-0.15, -0.1) is 6.42 Å². The van der Waals surface area contributed by atoms with Crippen LogP contribution in [0.25, 0.3) is 0 Å². The molecule has 4 rings (SSSR count). The highest BCUT2D eigenvalue weighted by Gasteiger charge is 2.28. The third-order valence-electron chi connectivity index (χ3n) is 4.42. The Morgan fingerprint density at radius 3 is 2.04 bits per heavy atom. The van der Waals surface area contributed by atoms with Crippen molar-refractivity contribution >= 4 is 0 Å². The van der Waals surface area contributed by atoms with Gasteiger partial charge in [-0.3, -0.25) is 0 Å². The molecule has 0 aromatic heterocycles. The third kappa shape index (κ3) is 2.20. The van der Waals surface area contributed by atoms with Gasteiger partial charge in [0.1, 0.15) is 11.5 Å². The molecule has 0 bridgehead atoms. The van der Waals surface area contributed by atoms with Crippen LogP contribution in [-0.2, 0) is 0 Å². The summed E-state index contributed by atoms with van der Waals surface area (Å²) in [4.78, 5) is 0. The molecule has 3 aromatic rings. The first-order chi connectivity index (χ1) is 11.3. The van der Waals surface area contributed by atoms with Crippen LogP contribution in [0.5, 0.6) is 11.5 Å². The first-order valence-corrected chi connectivity index (χ1v) is 7.71. The molecule has 0 aliphatic carbocycles. The summed E-state index contributed by atoms with van der Waals surface area (Å²) in [6.45, 7) is 2.07. The topological polar surface area (TPSA) is 9.23 Å². The van der Waals surface area contributed by atoms with Crippen LogP contribution in [0.15, 0.2) is 66.7 Å². The van der Waals surface area contributed by atoms with Gasteiger partial charge in [-0.05, 0) is 36.2 Å². The lowest BCUT2D eigenvalue weighted by molar-refractivity contribution is 0.453. The molecule has 0 fully saturated rings. The zero-order chi connectivity index (χ0) is 15.8. The molecule has 0 atom stereocenters. The molecule has 1 aliphatic rings. The fourth-order valence-corrected chi connectivity index (χ4v) is 3.30. The molecular weight excluding hydrogens is 280 g/mol. The van der Waals surface area contributed by atoms with E-state index in [0.717, 1.165) is 22.6 Å². The largest absolute Gasteiger partial charge is 0.457 e. The van der Waals surface area contributed by atoms with E-state index in [-0.39, 0.29) is 5.92 Å². The molecule has 1 heteroatoms. The number of rotatable bonds is 1. The Kier molecular flexibility index (Phi) is 3.17. The summed E-state index contributed by atoms with van der Waals surface area (Å²) in [6.07, 6.45) is 5.56. The molecule has 0 radical (unpaired) electrons. The molecule has 0 saturated heterocycles. The number of ether oxygens (including phenoxy) is 1. The average Bonchev–Trinajstić information content (AvgIpc) is 2.59. The molecule has 0 N–H and O–H groups in total. The number of hydrogen-bond acceptors (Lipinski definition) is 1. The minimum atomic E-state index is 0.168. The lowest BCUT2D eigenvalue weighted by atomic mass is 9.82. The monoisotopic (exact) mass is 296 g/mol. The van der Waals surface area contributed by atoms with Gasteiger partial charge in [0.25, 0.3) is 0 Å². The second-order valence-electron chi connectivity index (χ2n) is 5.83. The van der Waals surface area contributed by atoms with Crippen LogP contribution in [0, 0.1) is 19.3 Å². The number of para-hydroxylation sites is 2. The predicted molar refractivity (Wildman–Crippen MR) is 93.0 cm³/mol. The Balaban J connectivity index is 1.94. The minimum absolute atomic E-state index is 0.168. The standard InChI is InChI=1S/C22H16O/c1-3-16-12-13-17(14-15(16)2)22-18-8-4-6-10-20(18)23-21-11-7-5-9-19(21)22/h1,4-14,22H,2H3. The Labute approximate surface area is 136 Å². The van der Waals surface area contributed by atoms with E-state index in [9.17, 15) is 0 Å². The van der Waals surface area contributed by atoms with E-state index in [1.165, 1.54) is 16.7 Å². The Hall–Kier alpha value is -2.98. The average molecular weight is 296 g/mol. The van der Waals surface area contributed by atoms with E-state index in [1.807, 2.05) is 30.3 Å². The van der Waals surface area contributed by atoms with Gasteiger partial charge in [0.2, 0.25) is 0 Å². The van der Waals surface area contributed by atoms with Crippen LogP contribution in [0.3, 0.4) is 0 Å². The molecular formula is C22H16O. The van der Waals surface area contributed by atoms with Crippen LogP contribution < -0.4 is 4.74 Å². The van der Waals surface area contributed by atoms with Gasteiger partial charge in [-0.2, -0.15) is 0 Å². The van der Waals surface area contributed by atoms with Crippen molar-refractivity contribution in [2.75, 3.05) is 0 Å². The van der Waals surface area contributed by atoms with E-state index in [0.29, 0.717) is 0 Å². The second kappa shape index (κ2) is 5.34. The highest BCUT2D eigenvalue weighted by atomic mass is 16.5. The molecule has 0 unspecified atom stereocenters. The van der Waals surface area contributed by atoms with Crippen molar-refractivity contribution in [3.8, 4) is 23.8 Å². The fourth-order valence-electron chi connectivity index (χ4n) is 3.30. The Morgan fingerprint density at radius 2 is 1.48 bits per heavy atom. The van der Waals surface area contributed by atoms with Crippen molar-refractivity contribution in [1.29, 1.82) is 0 Å². The smallest absolute Gasteiger partial charge is 0.131 e. The van der Waals surface area contributed by atoms with E-state index in [4.69, 9.17) is 11.2 Å². The minimum Gasteiger partial charge on any atom is -0.457 e. The maximum absolute atomic E-state index is 6.07. The maximum Gasteiger partial charge on any atom is 0.131 e. The summed E-state index contributed by atoms with van der Waals surface area (Å²) in [5, 5.41) is 0. The van der Waals surface area contributed by atoms with E-state index in [1.54, 1.807) is 0 Å². The van der Waals surface area contributed by atoms with Crippen molar-refractivity contribution in [3.63, 3.8) is 0 Å². The van der Waals surface area contributed by atoms with Gasteiger partial charge in [-0.25, -0.2) is 0 Å². The van der Waals surface area contributed by atoms with Crippen molar-refractivity contribution in [3.05, 3.63) is 94.5 Å². The molecule has 3 aromatic carbocycles. The maximum atomic E-state index is 6.07. The number of hydrogen-bond donors (Lipinski definition) is 0. The van der Waals surface area contributed by atoms with Crippen LogP contribution in [-0.4, -0.2) is 0 Å². The van der Waals surface area contributed by atoms with Crippen molar-refractivity contribution in [2.24, 2.45) is 0 Å². The zero-order valence-corrected chi connectivity index (χ0v) is 12.9. The summed E-state index contributed by atoms with van der Waals surface area (Å²) >= 11 is 0. The van der Waals surface area contributed by atoms with E-state index < -0.39 is 0 Å². The Morgan fingerprint density at radius 1 is 0.870 bits per heavy atom. The lowest BCUT2D eigenvalue weighted by Gasteiger charge is -2.28. The number of fused-ring (bicyclic) bond motifs is 2. The van der Waals surface area contributed by atoms with Crippen LogP contribution in [0.2, 0.25) is 0 Å². The summed E-state index contributed by atoms with van der Waals surface area (Å²) in [5.41, 5.74) is 5.71. The molecule has 1 nitrogen and oxygen atoms in total. The van der Waals surface area contributed by atoms with Gasteiger partial charge in [0.15, 0.2) is 0 Å². The quantitative estimate of drug-likeness (QED) is 0.435. The highest BCUT2D eigenvalue weighted by Crippen LogP contribution is 2.47. The molecule has 110 valence electrons. The van der Waals surface area contributed by atoms with Crippen LogP contribution in [0.1, 0.15) is 33.7 Å².